The van der Waals surface area contributed by atoms with E-state index in [1.165, 1.54) is 11.5 Å². The molecule has 0 saturated heterocycles. The number of nitrogens with two attached hydrogens (primary N) is 1. The van der Waals surface area contributed by atoms with E-state index in [0.29, 0.717) is 0 Å². The Kier molecular flexibility index (Phi) is 2.65. The number of thiazole rings is 1. The van der Waals surface area contributed by atoms with E-state index in [1.54, 1.807) is 16.8 Å². The standard InChI is InChI=1S/C7H8N4S2/c8-10-7(5-1-2-13-11-5)6-3-12-4-9-6/h1-4,7,10H,8H2. The molecular formula is C7H8N4S2. The van der Waals surface area contributed by atoms with Crippen molar-refractivity contribution >= 4 is 22.9 Å². The minimum absolute atomic E-state index is 0.0856. The molecule has 2 heterocycles. The average molecular weight is 212 g/mol. The predicted molar refractivity (Wildman–Crippen MR) is 53.4 cm³/mol. The molecule has 3 N–H and O–H groups in total. The highest BCUT2D eigenvalue weighted by Gasteiger charge is 2.15. The summed E-state index contributed by atoms with van der Waals surface area (Å²) in [6.07, 6.45) is 0. The first kappa shape index (κ1) is 8.76. The van der Waals surface area contributed by atoms with Gasteiger partial charge >= 0.3 is 0 Å². The van der Waals surface area contributed by atoms with Crippen LogP contribution in [0.2, 0.25) is 0 Å². The third-order valence-corrected chi connectivity index (χ3v) is 2.85. The number of nitrogens with zero attached hydrogens (tertiary/aromatic N) is 2. The molecule has 2 aromatic heterocycles. The molecule has 0 spiro atoms. The van der Waals surface area contributed by atoms with Gasteiger partial charge in [-0.3, -0.25) is 5.84 Å². The Labute approximate surface area is 83.6 Å². The number of aromatic nitrogens is 2. The Morgan fingerprint density at radius 3 is 2.92 bits per heavy atom. The third-order valence-electron chi connectivity index (χ3n) is 1.67. The number of hydrogen-bond acceptors (Lipinski definition) is 6. The minimum Gasteiger partial charge on any atom is -0.270 e. The first-order valence-electron chi connectivity index (χ1n) is 3.66. The lowest BCUT2D eigenvalue weighted by Gasteiger charge is -2.09. The summed E-state index contributed by atoms with van der Waals surface area (Å²) >= 11 is 2.96. The second-order valence-corrected chi connectivity index (χ2v) is 3.82. The van der Waals surface area contributed by atoms with E-state index < -0.39 is 0 Å². The molecule has 0 aliphatic rings. The van der Waals surface area contributed by atoms with E-state index >= 15 is 0 Å². The van der Waals surface area contributed by atoms with Crippen LogP contribution in [0.4, 0.5) is 0 Å². The number of rotatable bonds is 3. The van der Waals surface area contributed by atoms with Gasteiger partial charge in [-0.2, -0.15) is 4.37 Å². The summed E-state index contributed by atoms with van der Waals surface area (Å²) in [5.74, 6) is 5.43. The molecule has 0 bridgehead atoms. The zero-order valence-corrected chi connectivity index (χ0v) is 8.31. The van der Waals surface area contributed by atoms with Crippen molar-refractivity contribution in [3.8, 4) is 0 Å². The van der Waals surface area contributed by atoms with Gasteiger partial charge in [-0.1, -0.05) is 0 Å². The normalized spacial score (nSPS) is 13.0. The lowest BCUT2D eigenvalue weighted by Crippen LogP contribution is -2.29. The molecule has 2 aromatic rings. The van der Waals surface area contributed by atoms with Gasteiger partial charge in [0.2, 0.25) is 0 Å². The maximum Gasteiger partial charge on any atom is 0.107 e. The summed E-state index contributed by atoms with van der Waals surface area (Å²) in [6.45, 7) is 0. The van der Waals surface area contributed by atoms with Crippen LogP contribution < -0.4 is 11.3 Å². The summed E-state index contributed by atoms with van der Waals surface area (Å²) in [5, 5.41) is 3.88. The van der Waals surface area contributed by atoms with Crippen molar-refractivity contribution in [1.82, 2.24) is 14.8 Å². The second kappa shape index (κ2) is 3.93. The third kappa shape index (κ3) is 1.75. The molecule has 0 amide bonds. The van der Waals surface area contributed by atoms with Crippen molar-refractivity contribution in [2.24, 2.45) is 5.84 Å². The van der Waals surface area contributed by atoms with Gasteiger partial charge in [-0.05, 0) is 17.6 Å². The first-order chi connectivity index (χ1) is 6.42. The molecule has 0 saturated carbocycles. The van der Waals surface area contributed by atoms with Crippen LogP contribution in [-0.4, -0.2) is 9.36 Å². The van der Waals surface area contributed by atoms with Gasteiger partial charge in [0.05, 0.1) is 16.9 Å². The fraction of sp³-hybridized carbons (Fsp3) is 0.143. The molecule has 0 aliphatic carbocycles. The number of nitrogens with one attached hydrogen (secondary N) is 1. The first-order valence-corrected chi connectivity index (χ1v) is 5.44. The Bertz CT molecular complexity index is 308. The van der Waals surface area contributed by atoms with E-state index in [2.05, 4.69) is 14.8 Å². The number of hydrazine groups is 1. The zero-order valence-electron chi connectivity index (χ0n) is 6.68. The van der Waals surface area contributed by atoms with Crippen molar-refractivity contribution in [2.75, 3.05) is 0 Å². The van der Waals surface area contributed by atoms with E-state index in [0.717, 1.165) is 11.4 Å². The topological polar surface area (TPSA) is 63.8 Å². The lowest BCUT2D eigenvalue weighted by atomic mass is 10.2. The van der Waals surface area contributed by atoms with Crippen LogP contribution in [0, 0.1) is 0 Å². The van der Waals surface area contributed by atoms with E-state index in [4.69, 9.17) is 5.84 Å². The molecule has 1 unspecified atom stereocenters. The van der Waals surface area contributed by atoms with Crippen molar-refractivity contribution in [3.05, 3.63) is 33.7 Å². The summed E-state index contributed by atoms with van der Waals surface area (Å²) in [6, 6.07) is 1.85. The van der Waals surface area contributed by atoms with Crippen molar-refractivity contribution in [2.45, 2.75) is 6.04 Å². The Morgan fingerprint density at radius 2 is 2.38 bits per heavy atom. The van der Waals surface area contributed by atoms with Gasteiger partial charge in [0.15, 0.2) is 0 Å². The second-order valence-electron chi connectivity index (χ2n) is 2.44. The monoisotopic (exact) mass is 212 g/mol. The SMILES string of the molecule is NNC(c1cscn1)c1ccsn1. The fourth-order valence-corrected chi connectivity index (χ4v) is 2.19. The van der Waals surface area contributed by atoms with Gasteiger partial charge in [-0.15, -0.1) is 11.3 Å². The molecule has 13 heavy (non-hydrogen) atoms. The molecule has 6 heteroatoms. The summed E-state index contributed by atoms with van der Waals surface area (Å²) in [5.41, 5.74) is 6.31. The molecular weight excluding hydrogens is 204 g/mol. The molecule has 0 fully saturated rings. The highest BCUT2D eigenvalue weighted by atomic mass is 32.1. The van der Waals surface area contributed by atoms with Crippen LogP contribution in [0.25, 0.3) is 0 Å². The maximum absolute atomic E-state index is 5.43. The van der Waals surface area contributed by atoms with Crippen LogP contribution in [0.5, 0.6) is 0 Å². The maximum atomic E-state index is 5.43. The van der Waals surface area contributed by atoms with Crippen molar-refractivity contribution in [1.29, 1.82) is 0 Å². The van der Waals surface area contributed by atoms with Crippen LogP contribution in [-0.2, 0) is 0 Å². The van der Waals surface area contributed by atoms with E-state index in [9.17, 15) is 0 Å². The largest absolute Gasteiger partial charge is 0.270 e. The van der Waals surface area contributed by atoms with Gasteiger partial charge < -0.3 is 0 Å². The molecule has 2 rings (SSSR count). The average Bonchev–Trinajstić information content (AvgIpc) is 2.76. The highest BCUT2D eigenvalue weighted by Crippen LogP contribution is 2.20. The molecule has 0 aliphatic heterocycles. The summed E-state index contributed by atoms with van der Waals surface area (Å²) in [7, 11) is 0. The molecule has 0 aromatic carbocycles. The highest BCUT2D eigenvalue weighted by molar-refractivity contribution is 7.07. The molecule has 68 valence electrons. The van der Waals surface area contributed by atoms with Crippen molar-refractivity contribution in [3.63, 3.8) is 0 Å². The predicted octanol–water partition coefficient (Wildman–Crippen LogP) is 1.15. The van der Waals surface area contributed by atoms with Gasteiger partial charge in [0.25, 0.3) is 0 Å². The van der Waals surface area contributed by atoms with Crippen LogP contribution in [0.1, 0.15) is 17.4 Å². The fourth-order valence-electron chi connectivity index (χ4n) is 1.06. The lowest BCUT2D eigenvalue weighted by molar-refractivity contribution is 0.614. The molecule has 4 nitrogen and oxygen atoms in total. The van der Waals surface area contributed by atoms with Crippen molar-refractivity contribution < 1.29 is 0 Å². The van der Waals surface area contributed by atoms with Gasteiger partial charge in [-0.25, -0.2) is 10.4 Å². The quantitative estimate of drug-likeness (QED) is 0.592. The Hall–Kier alpha value is -0.820. The zero-order chi connectivity index (χ0) is 9.10. The van der Waals surface area contributed by atoms with E-state index in [1.807, 2.05) is 16.8 Å². The van der Waals surface area contributed by atoms with Crippen LogP contribution in [0.15, 0.2) is 22.3 Å². The molecule has 1 atom stereocenters. The van der Waals surface area contributed by atoms with Gasteiger partial charge in [0.1, 0.15) is 6.04 Å². The van der Waals surface area contributed by atoms with Crippen LogP contribution in [0.3, 0.4) is 0 Å². The minimum atomic E-state index is -0.0856. The smallest absolute Gasteiger partial charge is 0.107 e. The summed E-state index contributed by atoms with van der Waals surface area (Å²) < 4.78 is 4.21. The van der Waals surface area contributed by atoms with Crippen LogP contribution >= 0.6 is 22.9 Å². The van der Waals surface area contributed by atoms with E-state index in [-0.39, 0.29) is 6.04 Å². The number of hydrogen-bond donors (Lipinski definition) is 2. The Balaban J connectivity index is 2.29. The van der Waals surface area contributed by atoms with Gasteiger partial charge in [0, 0.05) is 10.8 Å². The molecule has 0 radical (unpaired) electrons. The Morgan fingerprint density at radius 1 is 1.46 bits per heavy atom. The summed E-state index contributed by atoms with van der Waals surface area (Å²) in [4.78, 5) is 4.18.